The van der Waals surface area contributed by atoms with Gasteiger partial charge in [0.1, 0.15) is 11.6 Å². The van der Waals surface area contributed by atoms with Gasteiger partial charge in [0.15, 0.2) is 11.0 Å². The number of aliphatic imine (C=N–C) groups is 1. The second-order valence-electron chi connectivity index (χ2n) is 10.5. The second-order valence-corrected chi connectivity index (χ2v) is 11.6. The lowest BCUT2D eigenvalue weighted by atomic mass is 10.0. The van der Waals surface area contributed by atoms with E-state index in [9.17, 15) is 22.0 Å². The van der Waals surface area contributed by atoms with Gasteiger partial charge in [0.05, 0.1) is 17.6 Å². The molecule has 5 rings (SSSR count). The molecule has 0 aliphatic carbocycles. The molecule has 0 amide bonds. The quantitative estimate of drug-likeness (QED) is 0.135. The highest BCUT2D eigenvalue weighted by Crippen LogP contribution is 2.37. The third-order valence-corrected chi connectivity index (χ3v) is 7.96. The molecule has 0 saturated carbocycles. The number of aromatic nitrogens is 3. The Labute approximate surface area is 261 Å². The zero-order valence-corrected chi connectivity index (χ0v) is 25.6. The van der Waals surface area contributed by atoms with Crippen LogP contribution in [-0.2, 0) is 6.42 Å². The smallest absolute Gasteiger partial charge is 0.426 e. The maximum atomic E-state index is 13.3. The zero-order valence-electron chi connectivity index (χ0n) is 24.8. The molecule has 1 aromatic heterocycles. The molecule has 45 heavy (non-hydrogen) atoms. The lowest BCUT2D eigenvalue weighted by Crippen LogP contribution is -2.41. The second kappa shape index (κ2) is 13.4. The number of hydrogen-bond donors (Lipinski definition) is 0. The summed E-state index contributed by atoms with van der Waals surface area (Å²) >= 11 is 1.69. The van der Waals surface area contributed by atoms with Crippen molar-refractivity contribution in [3.8, 4) is 22.8 Å². The normalized spacial score (nSPS) is 15.4. The van der Waals surface area contributed by atoms with Crippen molar-refractivity contribution in [3.05, 3.63) is 89.7 Å². The fourth-order valence-corrected chi connectivity index (χ4v) is 5.45. The van der Waals surface area contributed by atoms with E-state index in [-0.39, 0.29) is 0 Å². The minimum atomic E-state index is -5.83. The van der Waals surface area contributed by atoms with Crippen LogP contribution in [0.5, 0.6) is 5.75 Å². The standard InChI is InChI=1S/C32H31F5N6OS/c1-4-28-40-29(41-43(28)24-14-16-25(17-15-24)44-32(36,37)31(33,34)35)23-12-10-22(11-13-23)20-38-42-18-7-19-45-30(42)39-27-9-6-5-8-26(27)21(2)3/h5-6,8-17,20-21H,4,7,18-19H2,1-3H3. The Morgan fingerprint density at radius 1 is 0.978 bits per heavy atom. The summed E-state index contributed by atoms with van der Waals surface area (Å²) in [6, 6.07) is 20.4. The predicted octanol–water partition coefficient (Wildman–Crippen LogP) is 8.61. The van der Waals surface area contributed by atoms with E-state index >= 15 is 0 Å². The van der Waals surface area contributed by atoms with Gasteiger partial charge >= 0.3 is 12.3 Å². The molecule has 1 aliphatic rings. The van der Waals surface area contributed by atoms with Gasteiger partial charge in [-0.25, -0.2) is 19.7 Å². The molecule has 1 aliphatic heterocycles. The summed E-state index contributed by atoms with van der Waals surface area (Å²) in [5.41, 5.74) is 4.19. The van der Waals surface area contributed by atoms with Crippen LogP contribution in [0.15, 0.2) is 82.9 Å². The molecule has 0 bridgehead atoms. The molecular weight excluding hydrogens is 611 g/mol. The molecule has 1 saturated heterocycles. The maximum absolute atomic E-state index is 13.3. The lowest BCUT2D eigenvalue weighted by molar-refractivity contribution is -0.360. The topological polar surface area (TPSA) is 67.9 Å². The van der Waals surface area contributed by atoms with E-state index in [1.807, 2.05) is 54.4 Å². The molecule has 13 heteroatoms. The van der Waals surface area contributed by atoms with Crippen molar-refractivity contribution in [2.75, 3.05) is 12.3 Å². The number of benzene rings is 3. The first-order valence-corrected chi connectivity index (χ1v) is 15.4. The highest BCUT2D eigenvalue weighted by molar-refractivity contribution is 8.13. The Kier molecular flexibility index (Phi) is 9.56. The third-order valence-electron chi connectivity index (χ3n) is 6.90. The van der Waals surface area contributed by atoms with Gasteiger partial charge in [0, 0.05) is 24.3 Å². The maximum Gasteiger partial charge on any atom is 0.499 e. The first kappa shape index (κ1) is 32.1. The largest absolute Gasteiger partial charge is 0.499 e. The van der Waals surface area contributed by atoms with E-state index in [0.717, 1.165) is 52.8 Å². The lowest BCUT2D eigenvalue weighted by Gasteiger charge is -2.25. The average molecular weight is 643 g/mol. The molecule has 0 spiro atoms. The van der Waals surface area contributed by atoms with E-state index < -0.39 is 18.0 Å². The third kappa shape index (κ3) is 7.52. The summed E-state index contributed by atoms with van der Waals surface area (Å²) in [7, 11) is 0. The molecule has 236 valence electrons. The predicted molar refractivity (Wildman–Crippen MR) is 167 cm³/mol. The highest BCUT2D eigenvalue weighted by Gasteiger charge is 2.61. The van der Waals surface area contributed by atoms with Gasteiger partial charge in [-0.2, -0.15) is 27.1 Å². The molecule has 2 heterocycles. The molecule has 7 nitrogen and oxygen atoms in total. The van der Waals surface area contributed by atoms with E-state index in [4.69, 9.17) is 10.1 Å². The Hall–Kier alpha value is -4.26. The van der Waals surface area contributed by atoms with E-state index in [1.165, 1.54) is 22.4 Å². The van der Waals surface area contributed by atoms with Gasteiger partial charge in [-0.3, -0.25) is 0 Å². The summed E-state index contributed by atoms with van der Waals surface area (Å²) in [6.45, 7) is 6.95. The summed E-state index contributed by atoms with van der Waals surface area (Å²) < 4.78 is 69.4. The number of nitrogens with zero attached hydrogens (tertiary/aromatic N) is 6. The van der Waals surface area contributed by atoms with Gasteiger partial charge in [-0.15, -0.1) is 5.10 Å². The SMILES string of the molecule is CCc1nc(-c2ccc(C=NN3CCCSC3=Nc3ccccc3C(C)C)cc2)nn1-c1ccc(OC(F)(F)C(F)(F)F)cc1. The first-order valence-electron chi connectivity index (χ1n) is 14.4. The van der Waals surface area contributed by atoms with Crippen LogP contribution in [0.2, 0.25) is 0 Å². The number of thioether (sulfide) groups is 1. The molecule has 0 N–H and O–H groups in total. The minimum Gasteiger partial charge on any atom is -0.426 e. The Morgan fingerprint density at radius 3 is 2.36 bits per heavy atom. The number of rotatable bonds is 9. The van der Waals surface area contributed by atoms with Crippen molar-refractivity contribution >= 4 is 28.8 Å². The summed E-state index contributed by atoms with van der Waals surface area (Å²) in [5, 5.41) is 12.1. The fraction of sp³-hybridized carbons (Fsp3) is 0.312. The Bertz CT molecular complexity index is 1670. The number of para-hydroxylation sites is 1. The van der Waals surface area contributed by atoms with Gasteiger partial charge in [-0.1, -0.05) is 75.0 Å². The number of halogens is 5. The number of aryl methyl sites for hydroxylation is 1. The van der Waals surface area contributed by atoms with Crippen LogP contribution in [0.4, 0.5) is 27.6 Å². The molecule has 1 fully saturated rings. The molecule has 3 aromatic carbocycles. The monoisotopic (exact) mass is 642 g/mol. The van der Waals surface area contributed by atoms with E-state index in [0.29, 0.717) is 29.7 Å². The van der Waals surface area contributed by atoms with Crippen LogP contribution < -0.4 is 4.74 Å². The molecule has 0 radical (unpaired) electrons. The van der Waals surface area contributed by atoms with Crippen LogP contribution >= 0.6 is 11.8 Å². The van der Waals surface area contributed by atoms with Crippen molar-refractivity contribution in [2.45, 2.75) is 51.8 Å². The van der Waals surface area contributed by atoms with Gasteiger partial charge < -0.3 is 4.74 Å². The van der Waals surface area contributed by atoms with Gasteiger partial charge in [0.2, 0.25) is 0 Å². The Morgan fingerprint density at radius 2 is 1.69 bits per heavy atom. The first-order chi connectivity index (χ1) is 21.4. The molecule has 4 aromatic rings. The fourth-order valence-electron chi connectivity index (χ4n) is 4.54. The number of amidine groups is 1. The van der Waals surface area contributed by atoms with Crippen LogP contribution in [0.3, 0.4) is 0 Å². The summed E-state index contributed by atoms with van der Waals surface area (Å²) in [6.07, 6.45) is -7.85. The number of hydrogen-bond acceptors (Lipinski definition) is 6. The van der Waals surface area contributed by atoms with Crippen LogP contribution in [0.25, 0.3) is 17.1 Å². The average Bonchev–Trinajstić information content (AvgIpc) is 3.45. The molecule has 0 unspecified atom stereocenters. The van der Waals surface area contributed by atoms with E-state index in [2.05, 4.69) is 34.7 Å². The van der Waals surface area contributed by atoms with Crippen molar-refractivity contribution in [2.24, 2.45) is 10.1 Å². The Balaban J connectivity index is 1.31. The summed E-state index contributed by atoms with van der Waals surface area (Å²) in [5.74, 6) is 1.72. The van der Waals surface area contributed by atoms with Crippen molar-refractivity contribution in [1.82, 2.24) is 19.8 Å². The van der Waals surface area contributed by atoms with Crippen molar-refractivity contribution < 1.29 is 26.7 Å². The van der Waals surface area contributed by atoms with Gasteiger partial charge in [-0.05, 0) is 53.8 Å². The summed E-state index contributed by atoms with van der Waals surface area (Å²) in [4.78, 5) is 9.55. The van der Waals surface area contributed by atoms with Crippen molar-refractivity contribution in [3.63, 3.8) is 0 Å². The zero-order chi connectivity index (χ0) is 32.2. The van der Waals surface area contributed by atoms with E-state index in [1.54, 1.807) is 18.0 Å². The minimum absolute atomic E-state index is 0.353. The van der Waals surface area contributed by atoms with Crippen molar-refractivity contribution in [1.29, 1.82) is 0 Å². The molecule has 0 atom stereocenters. The van der Waals surface area contributed by atoms with Crippen LogP contribution in [0.1, 0.15) is 50.1 Å². The molecular formula is C32H31F5N6OS. The highest BCUT2D eigenvalue weighted by atomic mass is 32.2. The number of ether oxygens (including phenoxy) is 1. The van der Waals surface area contributed by atoms with Gasteiger partial charge in [0.25, 0.3) is 0 Å². The number of hydrazone groups is 1. The van der Waals surface area contributed by atoms with Crippen LogP contribution in [0, 0.1) is 0 Å². The number of alkyl halides is 5. The van der Waals surface area contributed by atoms with Crippen LogP contribution in [-0.4, -0.2) is 55.7 Å².